The Morgan fingerprint density at radius 3 is 2.90 bits per heavy atom. The Kier molecular flexibility index (Phi) is 4.29. The number of hydrogen-bond acceptors (Lipinski definition) is 4. The maximum Gasteiger partial charge on any atom is 0.254 e. The van der Waals surface area contributed by atoms with Gasteiger partial charge in [0.1, 0.15) is 5.82 Å². The Hall–Kier alpha value is -2.02. The van der Waals surface area contributed by atoms with Crippen molar-refractivity contribution >= 4 is 22.9 Å². The van der Waals surface area contributed by atoms with E-state index >= 15 is 0 Å². The van der Waals surface area contributed by atoms with E-state index in [9.17, 15) is 13.6 Å². The maximum absolute atomic E-state index is 13.7. The fraction of sp³-hybridized carbons (Fsp3) is 0.231. The van der Waals surface area contributed by atoms with Gasteiger partial charge in [-0.2, -0.15) is 0 Å². The van der Waals surface area contributed by atoms with Gasteiger partial charge in [-0.15, -0.1) is 11.3 Å². The lowest BCUT2D eigenvalue weighted by atomic mass is 10.1. The largest absolute Gasteiger partial charge is 0.396 e. The summed E-state index contributed by atoms with van der Waals surface area (Å²) in [5.74, 6) is -2.36. The van der Waals surface area contributed by atoms with Gasteiger partial charge < -0.3 is 11.1 Å². The molecule has 0 spiro atoms. The molecule has 1 aromatic carbocycles. The molecule has 1 heterocycles. The Balaban J connectivity index is 2.06. The van der Waals surface area contributed by atoms with Crippen molar-refractivity contribution in [3.63, 3.8) is 0 Å². The van der Waals surface area contributed by atoms with Crippen molar-refractivity contribution < 1.29 is 13.6 Å². The second kappa shape index (κ2) is 5.96. The first-order chi connectivity index (χ1) is 9.49. The molecule has 0 bridgehead atoms. The van der Waals surface area contributed by atoms with E-state index in [0.717, 1.165) is 17.1 Å². The number of anilines is 1. The number of rotatable bonds is 4. The molecule has 1 atom stereocenters. The van der Waals surface area contributed by atoms with E-state index in [-0.39, 0.29) is 18.2 Å². The van der Waals surface area contributed by atoms with Crippen molar-refractivity contribution in [2.75, 3.05) is 12.3 Å². The zero-order valence-electron chi connectivity index (χ0n) is 10.7. The van der Waals surface area contributed by atoms with Crippen LogP contribution >= 0.6 is 11.3 Å². The number of thiazole rings is 1. The number of halogens is 2. The second-order valence-corrected chi connectivity index (χ2v) is 5.26. The second-order valence-electron chi connectivity index (χ2n) is 4.34. The Bertz CT molecular complexity index is 616. The standard InChI is InChI=1S/C13H13F2N3OS/c1-7(13-17-2-3-20-13)6-18-12(19)9-4-8(14)5-10(16)11(9)15/h2-5,7H,6,16H2,1H3,(H,18,19). The van der Waals surface area contributed by atoms with Crippen molar-refractivity contribution in [2.24, 2.45) is 0 Å². The molecular weight excluding hydrogens is 284 g/mol. The van der Waals surface area contributed by atoms with Gasteiger partial charge in [0.15, 0.2) is 5.82 Å². The molecule has 20 heavy (non-hydrogen) atoms. The van der Waals surface area contributed by atoms with Crippen LogP contribution in [0.25, 0.3) is 0 Å². The van der Waals surface area contributed by atoms with E-state index in [0.29, 0.717) is 0 Å². The predicted molar refractivity (Wildman–Crippen MR) is 73.6 cm³/mol. The van der Waals surface area contributed by atoms with E-state index in [2.05, 4.69) is 10.3 Å². The summed E-state index contributed by atoms with van der Waals surface area (Å²) in [5.41, 5.74) is 4.51. The number of hydrogen-bond donors (Lipinski definition) is 2. The van der Waals surface area contributed by atoms with Gasteiger partial charge in [-0.25, -0.2) is 13.8 Å². The molecule has 2 aromatic rings. The normalized spacial score (nSPS) is 12.2. The summed E-state index contributed by atoms with van der Waals surface area (Å²) in [6.07, 6.45) is 1.67. The van der Waals surface area contributed by atoms with Crippen molar-refractivity contribution in [1.29, 1.82) is 0 Å². The number of amides is 1. The van der Waals surface area contributed by atoms with Crippen LogP contribution in [0, 0.1) is 11.6 Å². The van der Waals surface area contributed by atoms with Crippen LogP contribution in [-0.4, -0.2) is 17.4 Å². The van der Waals surface area contributed by atoms with Crippen LogP contribution in [0.3, 0.4) is 0 Å². The highest BCUT2D eigenvalue weighted by Gasteiger charge is 2.17. The molecule has 1 unspecified atom stereocenters. The molecule has 106 valence electrons. The summed E-state index contributed by atoms with van der Waals surface area (Å²) in [6, 6.07) is 1.67. The summed E-state index contributed by atoms with van der Waals surface area (Å²) < 4.78 is 26.8. The number of benzene rings is 1. The number of carbonyl (C=O) groups excluding carboxylic acids is 1. The third kappa shape index (κ3) is 3.11. The molecule has 1 amide bonds. The first-order valence-electron chi connectivity index (χ1n) is 5.91. The average molecular weight is 297 g/mol. The third-order valence-electron chi connectivity index (χ3n) is 2.75. The summed E-state index contributed by atoms with van der Waals surface area (Å²) in [6.45, 7) is 2.16. The van der Waals surface area contributed by atoms with Gasteiger partial charge in [0.25, 0.3) is 5.91 Å². The summed E-state index contributed by atoms with van der Waals surface area (Å²) in [7, 11) is 0. The van der Waals surface area contributed by atoms with Crippen LogP contribution < -0.4 is 11.1 Å². The van der Waals surface area contributed by atoms with E-state index < -0.39 is 23.1 Å². The summed E-state index contributed by atoms with van der Waals surface area (Å²) in [4.78, 5) is 16.0. The van der Waals surface area contributed by atoms with Crippen molar-refractivity contribution in [3.05, 3.63) is 45.9 Å². The van der Waals surface area contributed by atoms with Crippen molar-refractivity contribution in [1.82, 2.24) is 10.3 Å². The van der Waals surface area contributed by atoms with Crippen LogP contribution in [0.1, 0.15) is 28.2 Å². The molecule has 0 aliphatic rings. The quantitative estimate of drug-likeness (QED) is 0.852. The van der Waals surface area contributed by atoms with Gasteiger partial charge in [-0.1, -0.05) is 6.92 Å². The fourth-order valence-corrected chi connectivity index (χ4v) is 2.38. The highest BCUT2D eigenvalue weighted by Crippen LogP contribution is 2.19. The molecule has 7 heteroatoms. The molecule has 0 saturated heterocycles. The van der Waals surface area contributed by atoms with E-state index in [1.807, 2.05) is 12.3 Å². The Morgan fingerprint density at radius 1 is 1.50 bits per heavy atom. The molecular formula is C13H13F2N3OS. The Labute approximate surface area is 118 Å². The smallest absolute Gasteiger partial charge is 0.254 e. The molecule has 2 rings (SSSR count). The van der Waals surface area contributed by atoms with E-state index in [4.69, 9.17) is 5.73 Å². The zero-order valence-corrected chi connectivity index (χ0v) is 11.5. The molecule has 0 radical (unpaired) electrons. The molecule has 0 saturated carbocycles. The topological polar surface area (TPSA) is 68.0 Å². The number of nitrogen functional groups attached to an aromatic ring is 1. The lowest BCUT2D eigenvalue weighted by Crippen LogP contribution is -2.28. The lowest BCUT2D eigenvalue weighted by molar-refractivity contribution is 0.0947. The highest BCUT2D eigenvalue weighted by molar-refractivity contribution is 7.09. The van der Waals surface area contributed by atoms with Gasteiger partial charge >= 0.3 is 0 Å². The molecule has 4 nitrogen and oxygen atoms in total. The highest BCUT2D eigenvalue weighted by atomic mass is 32.1. The molecule has 3 N–H and O–H groups in total. The van der Waals surface area contributed by atoms with Gasteiger partial charge in [0, 0.05) is 24.0 Å². The van der Waals surface area contributed by atoms with Crippen molar-refractivity contribution in [2.45, 2.75) is 12.8 Å². The monoisotopic (exact) mass is 297 g/mol. The molecule has 1 aromatic heterocycles. The van der Waals surface area contributed by atoms with Gasteiger partial charge in [0.05, 0.1) is 16.3 Å². The number of nitrogens with zero attached hydrogens (tertiary/aromatic N) is 1. The molecule has 0 aliphatic carbocycles. The van der Waals surface area contributed by atoms with Gasteiger partial charge in [-0.3, -0.25) is 4.79 Å². The SMILES string of the molecule is CC(CNC(=O)c1cc(F)cc(N)c1F)c1nccs1. The van der Waals surface area contributed by atoms with E-state index in [1.54, 1.807) is 6.20 Å². The van der Waals surface area contributed by atoms with Crippen LogP contribution in [-0.2, 0) is 0 Å². The van der Waals surface area contributed by atoms with Crippen LogP contribution in [0.2, 0.25) is 0 Å². The van der Waals surface area contributed by atoms with Crippen LogP contribution in [0.5, 0.6) is 0 Å². The van der Waals surface area contributed by atoms with Crippen LogP contribution in [0.4, 0.5) is 14.5 Å². The fourth-order valence-electron chi connectivity index (χ4n) is 1.68. The number of nitrogens with one attached hydrogen (secondary N) is 1. The van der Waals surface area contributed by atoms with Crippen LogP contribution in [0.15, 0.2) is 23.7 Å². The minimum Gasteiger partial charge on any atom is -0.396 e. The summed E-state index contributed by atoms with van der Waals surface area (Å²) in [5, 5.41) is 5.25. The average Bonchev–Trinajstić information content (AvgIpc) is 2.93. The third-order valence-corrected chi connectivity index (χ3v) is 3.76. The molecule has 0 aliphatic heterocycles. The van der Waals surface area contributed by atoms with Gasteiger partial charge in [-0.05, 0) is 12.1 Å². The summed E-state index contributed by atoms with van der Waals surface area (Å²) >= 11 is 1.47. The first-order valence-corrected chi connectivity index (χ1v) is 6.79. The minimum atomic E-state index is -0.911. The number of nitrogens with two attached hydrogens (primary N) is 1. The Morgan fingerprint density at radius 2 is 2.25 bits per heavy atom. The molecule has 0 fully saturated rings. The zero-order chi connectivity index (χ0) is 14.7. The predicted octanol–water partition coefficient (Wildman–Crippen LogP) is 2.54. The van der Waals surface area contributed by atoms with E-state index in [1.165, 1.54) is 11.3 Å². The number of carbonyl (C=O) groups is 1. The maximum atomic E-state index is 13.7. The minimum absolute atomic E-state index is 0.00656. The first kappa shape index (κ1) is 14.4. The van der Waals surface area contributed by atoms with Gasteiger partial charge in [0.2, 0.25) is 0 Å². The number of aromatic nitrogens is 1. The van der Waals surface area contributed by atoms with Crippen molar-refractivity contribution in [3.8, 4) is 0 Å². The lowest BCUT2D eigenvalue weighted by Gasteiger charge is -2.11.